The van der Waals surface area contributed by atoms with Gasteiger partial charge >= 0.3 is 11.1 Å². The number of rotatable bonds is 5. The van der Waals surface area contributed by atoms with Crippen molar-refractivity contribution >= 4 is 16.9 Å². The summed E-state index contributed by atoms with van der Waals surface area (Å²) < 4.78 is 19.7. The Morgan fingerprint density at radius 1 is 1.23 bits per heavy atom. The van der Waals surface area contributed by atoms with Crippen molar-refractivity contribution in [3.8, 4) is 5.75 Å². The molecule has 134 valence electrons. The molecular weight excluding hydrogens is 341 g/mol. The van der Waals surface area contributed by atoms with Crippen LogP contribution in [0.15, 0.2) is 52.1 Å². The van der Waals surface area contributed by atoms with Crippen molar-refractivity contribution in [2.75, 3.05) is 13.7 Å². The smallest absolute Gasteiger partial charge is 0.316 e. The van der Waals surface area contributed by atoms with E-state index in [1.54, 1.807) is 24.3 Å². The number of hydrogen-bond acceptors (Lipinski definition) is 4. The fourth-order valence-corrected chi connectivity index (χ4v) is 2.68. The molecule has 0 aliphatic heterocycles. The molecule has 26 heavy (non-hydrogen) atoms. The number of fused-ring (bicyclic) bond motifs is 1. The van der Waals surface area contributed by atoms with E-state index in [2.05, 4.69) is 10.3 Å². The molecule has 0 atom stereocenters. The number of benzene rings is 2. The standard InChI is InChI=1S/C18H16FN3O4/c1-26-15-5-3-2-4-12(15)16(23)20-8-9-22-14-7-6-11(19)10-13(14)21-17(24)18(22)25/h2-7,10H,8-9H2,1H3,(H,20,23)(H,21,24). The quantitative estimate of drug-likeness (QED) is 0.673. The molecule has 0 saturated heterocycles. The second-order valence-corrected chi connectivity index (χ2v) is 5.53. The first kappa shape index (κ1) is 17.4. The van der Waals surface area contributed by atoms with Crippen LogP contribution in [-0.2, 0) is 6.54 Å². The third-order valence-electron chi connectivity index (χ3n) is 3.91. The van der Waals surface area contributed by atoms with Crippen LogP contribution < -0.4 is 21.2 Å². The molecule has 0 saturated carbocycles. The van der Waals surface area contributed by atoms with Gasteiger partial charge in [-0.05, 0) is 30.3 Å². The second-order valence-electron chi connectivity index (χ2n) is 5.53. The number of halogens is 1. The number of para-hydroxylation sites is 1. The van der Waals surface area contributed by atoms with Crippen LogP contribution in [0.2, 0.25) is 0 Å². The number of amides is 1. The molecule has 2 N–H and O–H groups in total. The number of methoxy groups -OCH3 is 1. The first-order valence-corrected chi connectivity index (χ1v) is 7.85. The van der Waals surface area contributed by atoms with Crippen LogP contribution in [0, 0.1) is 5.82 Å². The van der Waals surface area contributed by atoms with Crippen molar-refractivity contribution in [2.24, 2.45) is 0 Å². The number of carbonyl (C=O) groups excluding carboxylic acids is 1. The van der Waals surface area contributed by atoms with E-state index in [9.17, 15) is 18.8 Å². The highest BCUT2D eigenvalue weighted by Gasteiger charge is 2.12. The summed E-state index contributed by atoms with van der Waals surface area (Å²) in [7, 11) is 1.47. The average Bonchev–Trinajstić information content (AvgIpc) is 2.64. The minimum absolute atomic E-state index is 0.0613. The zero-order valence-corrected chi connectivity index (χ0v) is 13.9. The van der Waals surface area contributed by atoms with Crippen LogP contribution in [-0.4, -0.2) is 29.1 Å². The molecular formula is C18H16FN3O4. The Balaban J connectivity index is 1.82. The Morgan fingerprint density at radius 2 is 2.00 bits per heavy atom. The van der Waals surface area contributed by atoms with Gasteiger partial charge in [0.05, 0.1) is 23.7 Å². The van der Waals surface area contributed by atoms with Crippen LogP contribution in [0.3, 0.4) is 0 Å². The molecule has 1 heterocycles. The summed E-state index contributed by atoms with van der Waals surface area (Å²) in [5, 5.41) is 2.68. The van der Waals surface area contributed by atoms with Gasteiger partial charge in [0.15, 0.2) is 0 Å². The maximum atomic E-state index is 13.3. The van der Waals surface area contributed by atoms with Crippen LogP contribution in [0.5, 0.6) is 5.75 Å². The van der Waals surface area contributed by atoms with Gasteiger partial charge in [0, 0.05) is 13.1 Å². The summed E-state index contributed by atoms with van der Waals surface area (Å²) >= 11 is 0. The van der Waals surface area contributed by atoms with E-state index in [1.807, 2.05) is 0 Å². The fourth-order valence-electron chi connectivity index (χ4n) is 2.68. The number of hydrogen-bond donors (Lipinski definition) is 2. The summed E-state index contributed by atoms with van der Waals surface area (Å²) in [5.74, 6) is -0.460. The maximum absolute atomic E-state index is 13.3. The van der Waals surface area contributed by atoms with Gasteiger partial charge in [0.1, 0.15) is 11.6 Å². The molecule has 0 radical (unpaired) electrons. The Morgan fingerprint density at radius 3 is 2.77 bits per heavy atom. The van der Waals surface area contributed by atoms with E-state index in [1.165, 1.54) is 23.8 Å². The maximum Gasteiger partial charge on any atom is 0.316 e. The van der Waals surface area contributed by atoms with Gasteiger partial charge in [-0.15, -0.1) is 0 Å². The molecule has 1 aromatic heterocycles. The number of nitrogens with zero attached hydrogens (tertiary/aromatic N) is 1. The van der Waals surface area contributed by atoms with Crippen LogP contribution in [0.4, 0.5) is 4.39 Å². The SMILES string of the molecule is COc1ccccc1C(=O)NCCn1c(=O)c(=O)[nH]c2cc(F)ccc21. The highest BCUT2D eigenvalue weighted by Crippen LogP contribution is 2.16. The topological polar surface area (TPSA) is 93.2 Å². The lowest BCUT2D eigenvalue weighted by Crippen LogP contribution is -2.39. The van der Waals surface area contributed by atoms with E-state index >= 15 is 0 Å². The molecule has 0 spiro atoms. The molecule has 3 aromatic rings. The van der Waals surface area contributed by atoms with Gasteiger partial charge in [-0.3, -0.25) is 14.4 Å². The van der Waals surface area contributed by atoms with E-state index in [4.69, 9.17) is 4.74 Å². The normalized spacial score (nSPS) is 10.7. The summed E-state index contributed by atoms with van der Waals surface area (Å²) in [6.07, 6.45) is 0. The lowest BCUT2D eigenvalue weighted by molar-refractivity contribution is 0.0949. The molecule has 0 bridgehead atoms. The number of nitrogens with one attached hydrogen (secondary N) is 2. The molecule has 8 heteroatoms. The lowest BCUT2D eigenvalue weighted by Gasteiger charge is -2.12. The summed E-state index contributed by atoms with van der Waals surface area (Å²) in [5.41, 5.74) is -0.664. The minimum Gasteiger partial charge on any atom is -0.496 e. The van der Waals surface area contributed by atoms with Crippen molar-refractivity contribution in [1.29, 1.82) is 0 Å². The van der Waals surface area contributed by atoms with Crippen LogP contribution in [0.1, 0.15) is 10.4 Å². The fraction of sp³-hybridized carbons (Fsp3) is 0.167. The number of carbonyl (C=O) groups is 1. The van der Waals surface area contributed by atoms with E-state index < -0.39 is 16.9 Å². The third kappa shape index (κ3) is 3.34. The lowest BCUT2D eigenvalue weighted by atomic mass is 10.2. The van der Waals surface area contributed by atoms with Crippen molar-refractivity contribution in [3.05, 3.63) is 74.6 Å². The molecule has 3 rings (SSSR count). The van der Waals surface area contributed by atoms with Crippen LogP contribution in [0.25, 0.3) is 11.0 Å². The van der Waals surface area contributed by atoms with Crippen molar-refractivity contribution in [1.82, 2.24) is 14.9 Å². The Hall–Kier alpha value is -3.42. The highest BCUT2D eigenvalue weighted by atomic mass is 19.1. The molecule has 7 nitrogen and oxygen atoms in total. The highest BCUT2D eigenvalue weighted by molar-refractivity contribution is 5.96. The zero-order valence-electron chi connectivity index (χ0n) is 13.9. The second kappa shape index (κ2) is 7.22. The molecule has 0 fully saturated rings. The number of aromatic nitrogens is 2. The van der Waals surface area contributed by atoms with Crippen molar-refractivity contribution in [3.63, 3.8) is 0 Å². The molecule has 2 aromatic carbocycles. The van der Waals surface area contributed by atoms with Gasteiger partial charge in [0.2, 0.25) is 0 Å². The van der Waals surface area contributed by atoms with Gasteiger partial charge in [-0.25, -0.2) is 4.39 Å². The molecule has 1 amide bonds. The van der Waals surface area contributed by atoms with Crippen molar-refractivity contribution in [2.45, 2.75) is 6.54 Å². The largest absolute Gasteiger partial charge is 0.496 e. The average molecular weight is 357 g/mol. The van der Waals surface area contributed by atoms with Gasteiger partial charge < -0.3 is 19.6 Å². The van der Waals surface area contributed by atoms with Crippen LogP contribution >= 0.6 is 0 Å². The first-order chi connectivity index (χ1) is 12.5. The Bertz CT molecular complexity index is 1090. The summed E-state index contributed by atoms with van der Waals surface area (Å²) in [6, 6.07) is 10.5. The number of aromatic amines is 1. The summed E-state index contributed by atoms with van der Waals surface area (Å²) in [6.45, 7) is 0.165. The van der Waals surface area contributed by atoms with E-state index in [-0.39, 0.29) is 24.5 Å². The molecule has 0 aliphatic carbocycles. The first-order valence-electron chi connectivity index (χ1n) is 7.85. The molecule has 0 aliphatic rings. The number of ether oxygens (including phenoxy) is 1. The predicted molar refractivity (Wildman–Crippen MR) is 94.1 cm³/mol. The van der Waals surface area contributed by atoms with Crippen molar-refractivity contribution < 1.29 is 13.9 Å². The number of H-pyrrole nitrogens is 1. The third-order valence-corrected chi connectivity index (χ3v) is 3.91. The Kier molecular flexibility index (Phi) is 4.83. The zero-order chi connectivity index (χ0) is 18.7. The van der Waals surface area contributed by atoms with Gasteiger partial charge in [0.25, 0.3) is 5.91 Å². The van der Waals surface area contributed by atoms with Gasteiger partial charge in [-0.2, -0.15) is 0 Å². The summed E-state index contributed by atoms with van der Waals surface area (Å²) in [4.78, 5) is 38.5. The van der Waals surface area contributed by atoms with Gasteiger partial charge in [-0.1, -0.05) is 12.1 Å². The minimum atomic E-state index is -0.848. The monoisotopic (exact) mass is 357 g/mol. The van der Waals surface area contributed by atoms with E-state index in [0.29, 0.717) is 16.8 Å². The molecule has 0 unspecified atom stereocenters. The predicted octanol–water partition coefficient (Wildman–Crippen LogP) is 1.27. The van der Waals surface area contributed by atoms with E-state index in [0.717, 1.165) is 6.07 Å². The Labute approximate surface area is 147 Å².